The third-order valence-corrected chi connectivity index (χ3v) is 3.05. The van der Waals surface area contributed by atoms with Gasteiger partial charge in [0, 0.05) is 12.6 Å². The molecule has 0 aromatic heterocycles. The lowest BCUT2D eigenvalue weighted by molar-refractivity contribution is 0.561. The van der Waals surface area contributed by atoms with E-state index in [4.69, 9.17) is 5.26 Å². The molecule has 0 saturated heterocycles. The SMILES string of the molecule is CC(NCc1cc(F)cc(C#N)c1)c1cccc(F)c1. The van der Waals surface area contributed by atoms with Gasteiger partial charge in [0.1, 0.15) is 11.6 Å². The smallest absolute Gasteiger partial charge is 0.124 e. The first-order valence-corrected chi connectivity index (χ1v) is 6.27. The molecule has 0 fully saturated rings. The molecule has 4 heteroatoms. The molecule has 1 N–H and O–H groups in total. The number of nitriles is 1. The van der Waals surface area contributed by atoms with Crippen LogP contribution in [0.15, 0.2) is 42.5 Å². The molecule has 0 saturated carbocycles. The second-order valence-corrected chi connectivity index (χ2v) is 4.62. The van der Waals surface area contributed by atoms with Gasteiger partial charge in [-0.25, -0.2) is 8.78 Å². The highest BCUT2D eigenvalue weighted by molar-refractivity contribution is 5.33. The van der Waals surface area contributed by atoms with Crippen LogP contribution in [-0.4, -0.2) is 0 Å². The maximum Gasteiger partial charge on any atom is 0.124 e. The topological polar surface area (TPSA) is 35.8 Å². The number of nitrogens with one attached hydrogen (secondary N) is 1. The van der Waals surface area contributed by atoms with Gasteiger partial charge in [-0.05, 0) is 48.4 Å². The average molecular weight is 272 g/mol. The van der Waals surface area contributed by atoms with Crippen LogP contribution in [0, 0.1) is 23.0 Å². The van der Waals surface area contributed by atoms with Gasteiger partial charge in [0.05, 0.1) is 11.6 Å². The predicted molar refractivity (Wildman–Crippen MR) is 72.8 cm³/mol. The molecule has 0 bridgehead atoms. The van der Waals surface area contributed by atoms with Gasteiger partial charge in [-0.2, -0.15) is 5.26 Å². The largest absolute Gasteiger partial charge is 0.306 e. The van der Waals surface area contributed by atoms with Crippen molar-refractivity contribution >= 4 is 0 Å². The van der Waals surface area contributed by atoms with E-state index in [2.05, 4.69) is 5.32 Å². The van der Waals surface area contributed by atoms with Crippen LogP contribution in [0.1, 0.15) is 29.7 Å². The van der Waals surface area contributed by atoms with E-state index in [0.717, 1.165) is 5.56 Å². The highest BCUT2D eigenvalue weighted by atomic mass is 19.1. The first kappa shape index (κ1) is 14.2. The van der Waals surface area contributed by atoms with Gasteiger partial charge in [0.15, 0.2) is 0 Å². The van der Waals surface area contributed by atoms with Crippen LogP contribution < -0.4 is 5.32 Å². The molecule has 20 heavy (non-hydrogen) atoms. The van der Waals surface area contributed by atoms with Crippen LogP contribution in [0.5, 0.6) is 0 Å². The Balaban J connectivity index is 2.05. The van der Waals surface area contributed by atoms with E-state index in [0.29, 0.717) is 17.7 Å². The second kappa shape index (κ2) is 6.27. The monoisotopic (exact) mass is 272 g/mol. The summed E-state index contributed by atoms with van der Waals surface area (Å²) < 4.78 is 26.4. The van der Waals surface area contributed by atoms with Gasteiger partial charge in [-0.15, -0.1) is 0 Å². The lowest BCUT2D eigenvalue weighted by Gasteiger charge is -2.14. The molecule has 2 aromatic rings. The Kier molecular flexibility index (Phi) is 4.44. The number of benzene rings is 2. The molecule has 2 rings (SSSR count). The summed E-state index contributed by atoms with van der Waals surface area (Å²) in [6.07, 6.45) is 0. The number of hydrogen-bond acceptors (Lipinski definition) is 2. The first-order valence-electron chi connectivity index (χ1n) is 6.27. The summed E-state index contributed by atoms with van der Waals surface area (Å²) in [5, 5.41) is 12.0. The third kappa shape index (κ3) is 3.62. The Bertz CT molecular complexity index is 647. The van der Waals surface area contributed by atoms with Crippen molar-refractivity contribution in [3.05, 3.63) is 70.8 Å². The van der Waals surface area contributed by atoms with Crippen molar-refractivity contribution in [1.82, 2.24) is 5.32 Å². The van der Waals surface area contributed by atoms with E-state index in [1.165, 1.54) is 24.3 Å². The van der Waals surface area contributed by atoms with Crippen molar-refractivity contribution in [2.45, 2.75) is 19.5 Å². The molecule has 0 radical (unpaired) electrons. The summed E-state index contributed by atoms with van der Waals surface area (Å²) in [5.41, 5.74) is 1.80. The van der Waals surface area contributed by atoms with Gasteiger partial charge >= 0.3 is 0 Å². The molecular weight excluding hydrogens is 258 g/mol. The lowest BCUT2D eigenvalue weighted by atomic mass is 10.1. The highest BCUT2D eigenvalue weighted by Crippen LogP contribution is 2.15. The molecule has 0 aliphatic heterocycles. The minimum Gasteiger partial charge on any atom is -0.306 e. The molecule has 0 heterocycles. The van der Waals surface area contributed by atoms with E-state index in [9.17, 15) is 8.78 Å². The zero-order valence-corrected chi connectivity index (χ0v) is 11.0. The molecule has 102 valence electrons. The van der Waals surface area contributed by atoms with Crippen LogP contribution >= 0.6 is 0 Å². The number of hydrogen-bond donors (Lipinski definition) is 1. The molecule has 2 nitrogen and oxygen atoms in total. The van der Waals surface area contributed by atoms with Crippen LogP contribution in [0.25, 0.3) is 0 Å². The van der Waals surface area contributed by atoms with Crippen molar-refractivity contribution < 1.29 is 8.78 Å². The van der Waals surface area contributed by atoms with Gasteiger partial charge in [-0.3, -0.25) is 0 Å². The molecule has 0 aliphatic rings. The fourth-order valence-electron chi connectivity index (χ4n) is 1.98. The van der Waals surface area contributed by atoms with Gasteiger partial charge < -0.3 is 5.32 Å². The minimum atomic E-state index is -0.431. The summed E-state index contributed by atoms with van der Waals surface area (Å²) in [6.45, 7) is 2.31. The van der Waals surface area contributed by atoms with Gasteiger partial charge in [0.2, 0.25) is 0 Å². The molecule has 0 aliphatic carbocycles. The van der Waals surface area contributed by atoms with Gasteiger partial charge in [-0.1, -0.05) is 12.1 Å². The summed E-state index contributed by atoms with van der Waals surface area (Å²) in [4.78, 5) is 0. The van der Waals surface area contributed by atoms with E-state index < -0.39 is 5.82 Å². The van der Waals surface area contributed by atoms with Crippen LogP contribution in [0.4, 0.5) is 8.78 Å². The fraction of sp³-hybridized carbons (Fsp3) is 0.188. The summed E-state index contributed by atoms with van der Waals surface area (Å²) >= 11 is 0. The Labute approximate surface area is 116 Å². The van der Waals surface area contributed by atoms with Crippen molar-refractivity contribution in [2.75, 3.05) is 0 Å². The molecule has 2 aromatic carbocycles. The van der Waals surface area contributed by atoms with Crippen molar-refractivity contribution in [3.63, 3.8) is 0 Å². The zero-order chi connectivity index (χ0) is 14.5. The number of nitrogens with zero attached hydrogens (tertiary/aromatic N) is 1. The normalized spacial score (nSPS) is 11.9. The van der Waals surface area contributed by atoms with E-state index in [-0.39, 0.29) is 11.9 Å². The second-order valence-electron chi connectivity index (χ2n) is 4.62. The first-order chi connectivity index (χ1) is 9.58. The quantitative estimate of drug-likeness (QED) is 0.921. The Morgan fingerprint density at radius 1 is 1.15 bits per heavy atom. The molecule has 1 unspecified atom stereocenters. The van der Waals surface area contributed by atoms with Crippen molar-refractivity contribution in [3.8, 4) is 6.07 Å². The van der Waals surface area contributed by atoms with Gasteiger partial charge in [0.25, 0.3) is 0 Å². The average Bonchev–Trinajstić information content (AvgIpc) is 2.44. The Morgan fingerprint density at radius 3 is 2.65 bits per heavy atom. The predicted octanol–water partition coefficient (Wildman–Crippen LogP) is 3.69. The third-order valence-electron chi connectivity index (χ3n) is 3.05. The van der Waals surface area contributed by atoms with Crippen molar-refractivity contribution in [2.24, 2.45) is 0 Å². The maximum absolute atomic E-state index is 13.3. The van der Waals surface area contributed by atoms with Crippen molar-refractivity contribution in [1.29, 1.82) is 5.26 Å². The summed E-state index contributed by atoms with van der Waals surface area (Å²) in [6, 6.07) is 12.4. The molecule has 1 atom stereocenters. The summed E-state index contributed by atoms with van der Waals surface area (Å²) in [7, 11) is 0. The molecule has 0 amide bonds. The standard InChI is InChI=1S/C16H14F2N2/c1-11(14-3-2-4-15(17)8-14)20-10-13-5-12(9-19)6-16(18)7-13/h2-8,11,20H,10H2,1H3. The molecular formula is C16H14F2N2. The van der Waals surface area contributed by atoms with E-state index in [1.54, 1.807) is 12.1 Å². The van der Waals surface area contributed by atoms with E-state index >= 15 is 0 Å². The minimum absolute atomic E-state index is 0.0699. The Morgan fingerprint density at radius 2 is 1.95 bits per heavy atom. The van der Waals surface area contributed by atoms with Crippen LogP contribution in [0.3, 0.4) is 0 Å². The van der Waals surface area contributed by atoms with Crippen LogP contribution in [-0.2, 0) is 6.54 Å². The van der Waals surface area contributed by atoms with Crippen LogP contribution in [0.2, 0.25) is 0 Å². The zero-order valence-electron chi connectivity index (χ0n) is 11.0. The maximum atomic E-state index is 13.3. The number of halogens is 2. The Hall–Kier alpha value is -2.25. The van der Waals surface area contributed by atoms with E-state index in [1.807, 2.05) is 19.1 Å². The lowest BCUT2D eigenvalue weighted by Crippen LogP contribution is -2.18. The molecule has 0 spiro atoms. The summed E-state index contributed by atoms with van der Waals surface area (Å²) in [5.74, 6) is -0.715. The highest BCUT2D eigenvalue weighted by Gasteiger charge is 2.07. The number of rotatable bonds is 4. The fourth-order valence-corrected chi connectivity index (χ4v) is 1.98.